The molecule has 0 radical (unpaired) electrons. The van der Waals surface area contributed by atoms with E-state index >= 15 is 0 Å². The van der Waals surface area contributed by atoms with Crippen molar-refractivity contribution in [2.45, 2.75) is 70.3 Å². The summed E-state index contributed by atoms with van der Waals surface area (Å²) in [6, 6.07) is 0.843. The lowest BCUT2D eigenvalue weighted by atomic mass is 9.71. The van der Waals surface area contributed by atoms with Crippen LogP contribution in [0.15, 0.2) is 0 Å². The fourth-order valence-electron chi connectivity index (χ4n) is 3.74. The van der Waals surface area contributed by atoms with Crippen LogP contribution in [0.4, 0.5) is 0 Å². The summed E-state index contributed by atoms with van der Waals surface area (Å²) in [7, 11) is 0. The minimum absolute atomic E-state index is 0.803. The molecule has 0 amide bonds. The molecule has 1 nitrogen and oxygen atoms in total. The monoisotopic (exact) mass is 255 g/mol. The standard InChI is InChI=1S/C15H29NS/c1-17-13-5-4-12-16-14-6-10-15(11-7-14)8-2-3-9-15/h14,16H,2-13H2,1H3. The topological polar surface area (TPSA) is 12.0 Å². The number of unbranched alkanes of at least 4 members (excludes halogenated alkanes) is 1. The summed E-state index contributed by atoms with van der Waals surface area (Å²) in [5, 5.41) is 3.78. The van der Waals surface area contributed by atoms with E-state index in [2.05, 4.69) is 11.6 Å². The van der Waals surface area contributed by atoms with Gasteiger partial charge in [0.1, 0.15) is 0 Å². The van der Waals surface area contributed by atoms with Gasteiger partial charge in [-0.3, -0.25) is 0 Å². The molecule has 0 saturated heterocycles. The molecular formula is C15H29NS. The van der Waals surface area contributed by atoms with Crippen molar-refractivity contribution in [1.29, 1.82) is 0 Å². The molecule has 0 aromatic rings. The fourth-order valence-corrected chi connectivity index (χ4v) is 4.23. The van der Waals surface area contributed by atoms with Gasteiger partial charge in [-0.2, -0.15) is 11.8 Å². The first-order valence-electron chi connectivity index (χ1n) is 7.57. The molecule has 2 rings (SSSR count). The average molecular weight is 255 g/mol. The molecule has 0 aromatic heterocycles. The highest BCUT2D eigenvalue weighted by molar-refractivity contribution is 7.98. The first-order valence-corrected chi connectivity index (χ1v) is 8.96. The van der Waals surface area contributed by atoms with Crippen LogP contribution in [-0.4, -0.2) is 24.6 Å². The Kier molecular flexibility index (Phi) is 5.68. The summed E-state index contributed by atoms with van der Waals surface area (Å²) in [6.45, 7) is 1.25. The van der Waals surface area contributed by atoms with Gasteiger partial charge in [-0.05, 0) is 75.3 Å². The van der Waals surface area contributed by atoms with E-state index in [0.29, 0.717) is 0 Å². The van der Waals surface area contributed by atoms with Gasteiger partial charge < -0.3 is 5.32 Å². The Hall–Kier alpha value is 0.310. The first-order chi connectivity index (χ1) is 8.35. The minimum atomic E-state index is 0.803. The second kappa shape index (κ2) is 7.04. The molecule has 0 bridgehead atoms. The third kappa shape index (κ3) is 4.17. The zero-order valence-electron chi connectivity index (χ0n) is 11.5. The maximum Gasteiger partial charge on any atom is 0.00674 e. The zero-order chi connectivity index (χ0) is 12.0. The molecule has 0 aromatic carbocycles. The summed E-state index contributed by atoms with van der Waals surface area (Å²) in [5.41, 5.74) is 0.803. The first kappa shape index (κ1) is 13.7. The Bertz CT molecular complexity index is 201. The molecule has 2 aliphatic carbocycles. The highest BCUT2D eigenvalue weighted by Gasteiger charge is 2.37. The predicted octanol–water partition coefficient (Wildman–Crippen LogP) is 4.22. The van der Waals surface area contributed by atoms with Gasteiger partial charge in [0.25, 0.3) is 0 Å². The molecule has 0 heterocycles. The Morgan fingerprint density at radius 3 is 2.41 bits per heavy atom. The van der Waals surface area contributed by atoms with Crippen molar-refractivity contribution in [3.05, 3.63) is 0 Å². The second-order valence-electron chi connectivity index (χ2n) is 6.14. The van der Waals surface area contributed by atoms with Gasteiger partial charge in [-0.25, -0.2) is 0 Å². The van der Waals surface area contributed by atoms with Crippen molar-refractivity contribution in [2.24, 2.45) is 5.41 Å². The van der Waals surface area contributed by atoms with E-state index in [-0.39, 0.29) is 0 Å². The third-order valence-electron chi connectivity index (χ3n) is 4.92. The van der Waals surface area contributed by atoms with Crippen molar-refractivity contribution < 1.29 is 0 Å². The summed E-state index contributed by atoms with van der Waals surface area (Å²) in [4.78, 5) is 0. The van der Waals surface area contributed by atoms with E-state index in [1.54, 1.807) is 0 Å². The Morgan fingerprint density at radius 2 is 1.76 bits per heavy atom. The quantitative estimate of drug-likeness (QED) is 0.713. The lowest BCUT2D eigenvalue weighted by molar-refractivity contribution is 0.168. The van der Waals surface area contributed by atoms with E-state index in [0.717, 1.165) is 11.5 Å². The molecule has 2 heteroatoms. The number of rotatable bonds is 6. The Balaban J connectivity index is 1.56. The zero-order valence-corrected chi connectivity index (χ0v) is 12.3. The van der Waals surface area contributed by atoms with E-state index in [4.69, 9.17) is 0 Å². The van der Waals surface area contributed by atoms with Gasteiger partial charge >= 0.3 is 0 Å². The molecule has 100 valence electrons. The van der Waals surface area contributed by atoms with E-state index in [1.165, 1.54) is 76.5 Å². The van der Waals surface area contributed by atoms with Crippen LogP contribution in [0.2, 0.25) is 0 Å². The lowest BCUT2D eigenvalue weighted by Crippen LogP contribution is -2.37. The summed E-state index contributed by atoms with van der Waals surface area (Å²) in [5.74, 6) is 1.33. The van der Waals surface area contributed by atoms with Crippen LogP contribution in [0.1, 0.15) is 64.2 Å². The van der Waals surface area contributed by atoms with E-state index in [1.807, 2.05) is 11.8 Å². The molecule has 0 aliphatic heterocycles. The molecular weight excluding hydrogens is 226 g/mol. The van der Waals surface area contributed by atoms with Crippen LogP contribution < -0.4 is 5.32 Å². The van der Waals surface area contributed by atoms with Crippen molar-refractivity contribution in [3.63, 3.8) is 0 Å². The molecule has 2 saturated carbocycles. The normalized spacial score (nSPS) is 24.5. The van der Waals surface area contributed by atoms with Gasteiger partial charge in [-0.1, -0.05) is 12.8 Å². The van der Waals surface area contributed by atoms with Crippen molar-refractivity contribution in [1.82, 2.24) is 5.32 Å². The molecule has 2 aliphatic rings. The van der Waals surface area contributed by atoms with Crippen LogP contribution in [0, 0.1) is 5.41 Å². The van der Waals surface area contributed by atoms with Gasteiger partial charge in [0.15, 0.2) is 0 Å². The van der Waals surface area contributed by atoms with Crippen molar-refractivity contribution >= 4 is 11.8 Å². The smallest absolute Gasteiger partial charge is 0.00674 e. The van der Waals surface area contributed by atoms with Crippen LogP contribution in [0.5, 0.6) is 0 Å². The molecule has 17 heavy (non-hydrogen) atoms. The third-order valence-corrected chi connectivity index (χ3v) is 5.62. The highest BCUT2D eigenvalue weighted by atomic mass is 32.2. The summed E-state index contributed by atoms with van der Waals surface area (Å²) >= 11 is 1.97. The summed E-state index contributed by atoms with van der Waals surface area (Å²) < 4.78 is 0. The summed E-state index contributed by atoms with van der Waals surface area (Å²) in [6.07, 6.45) is 16.9. The minimum Gasteiger partial charge on any atom is -0.314 e. The Labute approximate surface area is 112 Å². The molecule has 0 unspecified atom stereocenters. The highest BCUT2D eigenvalue weighted by Crippen LogP contribution is 2.48. The number of hydrogen-bond donors (Lipinski definition) is 1. The van der Waals surface area contributed by atoms with Crippen LogP contribution in [0.3, 0.4) is 0 Å². The molecule has 0 atom stereocenters. The van der Waals surface area contributed by atoms with Gasteiger partial charge in [0.05, 0.1) is 0 Å². The predicted molar refractivity (Wildman–Crippen MR) is 78.8 cm³/mol. The van der Waals surface area contributed by atoms with Crippen molar-refractivity contribution in [2.75, 3.05) is 18.6 Å². The average Bonchev–Trinajstić information content (AvgIpc) is 2.80. The van der Waals surface area contributed by atoms with Crippen LogP contribution >= 0.6 is 11.8 Å². The molecule has 1 N–H and O–H groups in total. The SMILES string of the molecule is CSCCCCNC1CCC2(CCCC2)CC1. The molecule has 1 spiro atoms. The van der Waals surface area contributed by atoms with Crippen LogP contribution in [-0.2, 0) is 0 Å². The fraction of sp³-hybridized carbons (Fsp3) is 1.00. The number of nitrogens with one attached hydrogen (secondary N) is 1. The lowest BCUT2D eigenvalue weighted by Gasteiger charge is -2.37. The number of thioether (sulfide) groups is 1. The van der Waals surface area contributed by atoms with E-state index in [9.17, 15) is 0 Å². The van der Waals surface area contributed by atoms with Crippen LogP contribution in [0.25, 0.3) is 0 Å². The van der Waals surface area contributed by atoms with E-state index < -0.39 is 0 Å². The Morgan fingerprint density at radius 1 is 1.06 bits per heavy atom. The van der Waals surface area contributed by atoms with Gasteiger partial charge in [0.2, 0.25) is 0 Å². The second-order valence-corrected chi connectivity index (χ2v) is 7.12. The van der Waals surface area contributed by atoms with Crippen molar-refractivity contribution in [3.8, 4) is 0 Å². The maximum absolute atomic E-state index is 3.78. The van der Waals surface area contributed by atoms with Gasteiger partial charge in [-0.15, -0.1) is 0 Å². The largest absolute Gasteiger partial charge is 0.314 e. The van der Waals surface area contributed by atoms with Gasteiger partial charge in [0, 0.05) is 6.04 Å². The molecule has 2 fully saturated rings. The maximum atomic E-state index is 3.78. The number of hydrogen-bond acceptors (Lipinski definition) is 2.